The number of halogens is 1. The van der Waals surface area contributed by atoms with Gasteiger partial charge in [-0.1, -0.05) is 33.8 Å². The van der Waals surface area contributed by atoms with E-state index in [1.807, 2.05) is 13.1 Å². The average Bonchev–Trinajstić information content (AvgIpc) is 2.38. The van der Waals surface area contributed by atoms with Gasteiger partial charge in [-0.3, -0.25) is 0 Å². The molecule has 20 heavy (non-hydrogen) atoms. The van der Waals surface area contributed by atoms with Gasteiger partial charge in [-0.05, 0) is 42.5 Å². The molecular weight excluding hydrogens is 251 g/mol. The van der Waals surface area contributed by atoms with E-state index in [1.165, 1.54) is 6.07 Å². The highest BCUT2D eigenvalue weighted by atomic mass is 19.1. The van der Waals surface area contributed by atoms with Crippen molar-refractivity contribution in [3.05, 3.63) is 30.1 Å². The summed E-state index contributed by atoms with van der Waals surface area (Å²) < 4.78 is 13.3. The first-order valence-corrected chi connectivity index (χ1v) is 7.54. The second kappa shape index (κ2) is 7.63. The van der Waals surface area contributed by atoms with E-state index in [4.69, 9.17) is 0 Å². The Morgan fingerprint density at radius 1 is 1.35 bits per heavy atom. The molecule has 0 radical (unpaired) electrons. The van der Waals surface area contributed by atoms with Crippen molar-refractivity contribution >= 4 is 5.69 Å². The van der Waals surface area contributed by atoms with Crippen LogP contribution >= 0.6 is 0 Å². The van der Waals surface area contributed by atoms with Crippen LogP contribution in [-0.4, -0.2) is 26.7 Å². The van der Waals surface area contributed by atoms with Gasteiger partial charge in [-0.2, -0.15) is 0 Å². The first-order valence-electron chi connectivity index (χ1n) is 7.54. The molecule has 0 aliphatic rings. The van der Waals surface area contributed by atoms with Gasteiger partial charge < -0.3 is 10.2 Å². The van der Waals surface area contributed by atoms with Gasteiger partial charge in [0.25, 0.3) is 0 Å². The molecule has 114 valence electrons. The predicted molar refractivity (Wildman–Crippen MR) is 85.8 cm³/mol. The van der Waals surface area contributed by atoms with Gasteiger partial charge in [-0.15, -0.1) is 0 Å². The van der Waals surface area contributed by atoms with Gasteiger partial charge in [0, 0.05) is 25.8 Å². The fraction of sp³-hybridized carbons (Fsp3) is 0.647. The lowest BCUT2D eigenvalue weighted by Gasteiger charge is -2.34. The summed E-state index contributed by atoms with van der Waals surface area (Å²) in [6.07, 6.45) is 1.09. The zero-order valence-electron chi connectivity index (χ0n) is 13.5. The monoisotopic (exact) mass is 280 g/mol. The Kier molecular flexibility index (Phi) is 6.47. The van der Waals surface area contributed by atoms with E-state index in [2.05, 4.69) is 37.9 Å². The Morgan fingerprint density at radius 3 is 2.60 bits per heavy atom. The molecule has 0 saturated heterocycles. The van der Waals surface area contributed by atoms with Gasteiger partial charge in [0.05, 0.1) is 0 Å². The molecule has 3 heteroatoms. The molecule has 1 aromatic rings. The first-order chi connectivity index (χ1) is 9.36. The summed E-state index contributed by atoms with van der Waals surface area (Å²) in [4.78, 5) is 2.14. The molecule has 0 heterocycles. The van der Waals surface area contributed by atoms with Crippen LogP contribution in [0.25, 0.3) is 0 Å². The second-order valence-electron chi connectivity index (χ2n) is 6.52. The maximum atomic E-state index is 13.3. The number of hydrogen-bond donors (Lipinski definition) is 1. The smallest absolute Gasteiger partial charge is 0.125 e. The van der Waals surface area contributed by atoms with E-state index < -0.39 is 0 Å². The molecule has 0 aliphatic heterocycles. The third-order valence-corrected chi connectivity index (χ3v) is 3.83. The van der Waals surface area contributed by atoms with Crippen molar-refractivity contribution in [1.82, 2.24) is 5.32 Å². The SMILES string of the molecule is CCC(C)(CNCC(C)C)CN(C)c1cccc(F)c1. The average molecular weight is 280 g/mol. The minimum atomic E-state index is -0.175. The quantitative estimate of drug-likeness (QED) is 0.776. The predicted octanol–water partition coefficient (Wildman–Crippen LogP) is 3.92. The Morgan fingerprint density at radius 2 is 2.05 bits per heavy atom. The molecule has 1 unspecified atom stereocenters. The number of nitrogens with zero attached hydrogens (tertiary/aromatic N) is 1. The Bertz CT molecular complexity index is 406. The van der Waals surface area contributed by atoms with Crippen LogP contribution in [0.3, 0.4) is 0 Å². The number of hydrogen-bond acceptors (Lipinski definition) is 2. The largest absolute Gasteiger partial charge is 0.374 e. The van der Waals surface area contributed by atoms with Crippen LogP contribution in [0.4, 0.5) is 10.1 Å². The van der Waals surface area contributed by atoms with Crippen molar-refractivity contribution in [2.75, 3.05) is 31.6 Å². The molecule has 1 aromatic carbocycles. The molecule has 0 saturated carbocycles. The van der Waals surface area contributed by atoms with Crippen LogP contribution < -0.4 is 10.2 Å². The molecule has 1 rings (SSSR count). The molecular formula is C17H29FN2. The van der Waals surface area contributed by atoms with E-state index in [9.17, 15) is 4.39 Å². The van der Waals surface area contributed by atoms with Crippen molar-refractivity contribution < 1.29 is 4.39 Å². The zero-order chi connectivity index (χ0) is 15.2. The molecule has 0 aromatic heterocycles. The van der Waals surface area contributed by atoms with Crippen LogP contribution in [0.1, 0.15) is 34.1 Å². The van der Waals surface area contributed by atoms with Gasteiger partial charge in [-0.25, -0.2) is 4.39 Å². The van der Waals surface area contributed by atoms with Crippen LogP contribution in [0.2, 0.25) is 0 Å². The zero-order valence-corrected chi connectivity index (χ0v) is 13.5. The molecule has 1 N–H and O–H groups in total. The Hall–Kier alpha value is -1.09. The van der Waals surface area contributed by atoms with Crippen LogP contribution in [0, 0.1) is 17.2 Å². The highest BCUT2D eigenvalue weighted by Gasteiger charge is 2.24. The Balaban J connectivity index is 2.61. The molecule has 0 bridgehead atoms. The van der Waals surface area contributed by atoms with Crippen molar-refractivity contribution in [3.8, 4) is 0 Å². The standard InChI is InChI=1S/C17H29FN2/c1-6-17(4,12-19-11-14(2)3)13-20(5)16-9-7-8-15(18)10-16/h7-10,14,19H,6,11-13H2,1-5H3. The molecule has 0 spiro atoms. The van der Waals surface area contributed by atoms with E-state index in [0.29, 0.717) is 5.92 Å². The molecule has 0 amide bonds. The molecule has 2 nitrogen and oxygen atoms in total. The fourth-order valence-corrected chi connectivity index (χ4v) is 2.33. The van der Waals surface area contributed by atoms with Gasteiger partial charge >= 0.3 is 0 Å². The topological polar surface area (TPSA) is 15.3 Å². The summed E-state index contributed by atoms with van der Waals surface area (Å²) in [6.45, 7) is 11.9. The van der Waals surface area contributed by atoms with Crippen molar-refractivity contribution in [2.24, 2.45) is 11.3 Å². The minimum Gasteiger partial charge on any atom is -0.374 e. The normalized spacial score (nSPS) is 14.3. The lowest BCUT2D eigenvalue weighted by molar-refractivity contribution is 0.293. The van der Waals surface area contributed by atoms with E-state index in [0.717, 1.165) is 31.7 Å². The van der Waals surface area contributed by atoms with Crippen molar-refractivity contribution in [3.63, 3.8) is 0 Å². The first kappa shape index (κ1) is 17.0. The lowest BCUT2D eigenvalue weighted by Crippen LogP contribution is -2.41. The maximum absolute atomic E-state index is 13.3. The van der Waals surface area contributed by atoms with Crippen molar-refractivity contribution in [2.45, 2.75) is 34.1 Å². The summed E-state index contributed by atoms with van der Waals surface area (Å²) in [5, 5.41) is 3.54. The third-order valence-electron chi connectivity index (χ3n) is 3.83. The number of benzene rings is 1. The number of anilines is 1. The van der Waals surface area contributed by atoms with Crippen LogP contribution in [-0.2, 0) is 0 Å². The van der Waals surface area contributed by atoms with E-state index in [1.54, 1.807) is 12.1 Å². The highest BCUT2D eigenvalue weighted by Crippen LogP contribution is 2.24. The molecule has 0 fully saturated rings. The summed E-state index contributed by atoms with van der Waals surface area (Å²) in [7, 11) is 2.03. The Labute approximate surface area is 123 Å². The molecule has 0 aliphatic carbocycles. The van der Waals surface area contributed by atoms with Crippen LogP contribution in [0.5, 0.6) is 0 Å². The minimum absolute atomic E-state index is 0.175. The van der Waals surface area contributed by atoms with Gasteiger partial charge in [0.2, 0.25) is 0 Å². The summed E-state index contributed by atoms with van der Waals surface area (Å²) >= 11 is 0. The highest BCUT2D eigenvalue weighted by molar-refractivity contribution is 5.45. The summed E-state index contributed by atoms with van der Waals surface area (Å²) in [5.74, 6) is 0.488. The maximum Gasteiger partial charge on any atom is 0.125 e. The van der Waals surface area contributed by atoms with Gasteiger partial charge in [0.15, 0.2) is 0 Å². The van der Waals surface area contributed by atoms with Gasteiger partial charge in [0.1, 0.15) is 5.82 Å². The third kappa shape index (κ3) is 5.49. The summed E-state index contributed by atoms with van der Waals surface area (Å²) in [5.41, 5.74) is 1.13. The van der Waals surface area contributed by atoms with E-state index in [-0.39, 0.29) is 11.2 Å². The lowest BCUT2D eigenvalue weighted by atomic mass is 9.86. The fourth-order valence-electron chi connectivity index (χ4n) is 2.33. The van der Waals surface area contributed by atoms with E-state index >= 15 is 0 Å². The summed E-state index contributed by atoms with van der Waals surface area (Å²) in [6, 6.07) is 6.81. The van der Waals surface area contributed by atoms with Crippen molar-refractivity contribution in [1.29, 1.82) is 0 Å². The number of rotatable bonds is 8. The number of nitrogens with one attached hydrogen (secondary N) is 1. The van der Waals surface area contributed by atoms with Crippen LogP contribution in [0.15, 0.2) is 24.3 Å². The second-order valence-corrected chi connectivity index (χ2v) is 6.52. The molecule has 1 atom stereocenters.